The third-order valence-corrected chi connectivity index (χ3v) is 8.13. The molecule has 0 radical (unpaired) electrons. The minimum Gasteiger partial charge on any atom is -0.497 e. The molecule has 9 nitrogen and oxygen atoms in total. The fourth-order valence-corrected chi connectivity index (χ4v) is 6.14. The second kappa shape index (κ2) is 12.6. The van der Waals surface area contributed by atoms with Gasteiger partial charge in [0.1, 0.15) is 22.6 Å². The van der Waals surface area contributed by atoms with Crippen LogP contribution in [-0.2, 0) is 30.6 Å². The maximum atomic E-state index is 12.7. The van der Waals surface area contributed by atoms with Gasteiger partial charge in [0.15, 0.2) is 5.16 Å². The number of aromatic nitrogens is 3. The van der Waals surface area contributed by atoms with Crippen LogP contribution in [0.25, 0.3) is 0 Å². The van der Waals surface area contributed by atoms with Crippen molar-refractivity contribution >= 4 is 39.9 Å². The number of allylic oxidation sites excluding steroid dienone is 1. The number of fused-ring (bicyclic) bond motifs is 1. The Morgan fingerprint density at radius 1 is 1.27 bits per heavy atom. The fourth-order valence-electron chi connectivity index (χ4n) is 4.12. The summed E-state index contributed by atoms with van der Waals surface area (Å²) in [5, 5.41) is 25.2. The molecule has 2 N–H and O–H groups in total. The van der Waals surface area contributed by atoms with E-state index in [-0.39, 0.29) is 17.6 Å². The first-order chi connectivity index (χ1) is 18.0. The van der Waals surface area contributed by atoms with E-state index in [2.05, 4.69) is 33.5 Å². The van der Waals surface area contributed by atoms with E-state index in [0.29, 0.717) is 52.4 Å². The quantitative estimate of drug-likeness (QED) is 0.281. The van der Waals surface area contributed by atoms with Gasteiger partial charge in [-0.2, -0.15) is 5.26 Å². The SMILES string of the molecule is C=CCn1c(CCNC(=O)c2ccc(OC)cc2)nnc1SCC(=O)Nc1sc2c(c1C#N)CCCC2. The van der Waals surface area contributed by atoms with Gasteiger partial charge in [-0.25, -0.2) is 0 Å². The lowest BCUT2D eigenvalue weighted by atomic mass is 9.96. The van der Waals surface area contributed by atoms with Crippen LogP contribution in [0.3, 0.4) is 0 Å². The second-order valence-electron chi connectivity index (χ2n) is 8.40. The molecule has 1 aliphatic rings. The summed E-state index contributed by atoms with van der Waals surface area (Å²) in [6.07, 6.45) is 6.27. The van der Waals surface area contributed by atoms with Crippen molar-refractivity contribution < 1.29 is 14.3 Å². The molecular weight excluding hydrogens is 508 g/mol. The van der Waals surface area contributed by atoms with Crippen molar-refractivity contribution in [3.63, 3.8) is 0 Å². The van der Waals surface area contributed by atoms with Gasteiger partial charge < -0.3 is 19.9 Å². The predicted molar refractivity (Wildman–Crippen MR) is 144 cm³/mol. The first-order valence-electron chi connectivity index (χ1n) is 12.0. The molecular formula is C26H28N6O3S2. The number of hydrogen-bond acceptors (Lipinski definition) is 8. The smallest absolute Gasteiger partial charge is 0.251 e. The largest absolute Gasteiger partial charge is 0.497 e. The average Bonchev–Trinajstić information content (AvgIpc) is 3.47. The molecule has 37 heavy (non-hydrogen) atoms. The Labute approximate surface area is 223 Å². The Bertz CT molecular complexity index is 1320. The molecule has 3 aromatic rings. The average molecular weight is 537 g/mol. The molecule has 11 heteroatoms. The summed E-state index contributed by atoms with van der Waals surface area (Å²) in [6, 6.07) is 9.16. The van der Waals surface area contributed by atoms with Crippen LogP contribution in [0.2, 0.25) is 0 Å². The molecule has 1 aliphatic carbocycles. The van der Waals surface area contributed by atoms with E-state index in [1.807, 2.05) is 4.57 Å². The van der Waals surface area contributed by atoms with E-state index in [0.717, 1.165) is 31.2 Å². The van der Waals surface area contributed by atoms with E-state index < -0.39 is 0 Å². The zero-order valence-corrected chi connectivity index (χ0v) is 22.2. The number of nitrogens with zero attached hydrogens (tertiary/aromatic N) is 4. The summed E-state index contributed by atoms with van der Waals surface area (Å²) in [4.78, 5) is 26.3. The van der Waals surface area contributed by atoms with E-state index in [4.69, 9.17) is 4.74 Å². The molecule has 2 heterocycles. The Morgan fingerprint density at radius 2 is 2.05 bits per heavy atom. The Morgan fingerprint density at radius 3 is 2.78 bits per heavy atom. The van der Waals surface area contributed by atoms with Crippen molar-refractivity contribution in [2.45, 2.75) is 43.8 Å². The van der Waals surface area contributed by atoms with Crippen molar-refractivity contribution in [3.05, 3.63) is 64.3 Å². The Balaban J connectivity index is 1.33. The molecule has 0 fully saturated rings. The zero-order valence-electron chi connectivity index (χ0n) is 20.6. The van der Waals surface area contributed by atoms with Gasteiger partial charge in [-0.05, 0) is 55.5 Å². The third-order valence-electron chi connectivity index (χ3n) is 5.96. The number of nitriles is 1. The van der Waals surface area contributed by atoms with Gasteiger partial charge in [0.05, 0.1) is 18.4 Å². The number of thioether (sulfide) groups is 1. The lowest BCUT2D eigenvalue weighted by molar-refractivity contribution is -0.113. The number of hydrogen-bond donors (Lipinski definition) is 2. The molecule has 4 rings (SSSR count). The summed E-state index contributed by atoms with van der Waals surface area (Å²) in [5.41, 5.74) is 2.24. The van der Waals surface area contributed by atoms with E-state index in [9.17, 15) is 14.9 Å². The molecule has 1 aromatic carbocycles. The maximum Gasteiger partial charge on any atom is 0.251 e. The van der Waals surface area contributed by atoms with Crippen molar-refractivity contribution in [1.29, 1.82) is 5.26 Å². The normalized spacial score (nSPS) is 12.3. The van der Waals surface area contributed by atoms with Crippen LogP contribution < -0.4 is 15.4 Å². The van der Waals surface area contributed by atoms with Crippen molar-refractivity contribution in [3.8, 4) is 11.8 Å². The molecule has 0 saturated carbocycles. The van der Waals surface area contributed by atoms with Crippen molar-refractivity contribution in [2.24, 2.45) is 0 Å². The van der Waals surface area contributed by atoms with Gasteiger partial charge in [0.25, 0.3) is 5.91 Å². The van der Waals surface area contributed by atoms with Crippen LogP contribution in [0, 0.1) is 11.3 Å². The summed E-state index contributed by atoms with van der Waals surface area (Å²) in [6.45, 7) is 4.67. The highest BCUT2D eigenvalue weighted by Crippen LogP contribution is 2.37. The highest BCUT2D eigenvalue weighted by atomic mass is 32.2. The molecule has 0 saturated heterocycles. The van der Waals surface area contributed by atoms with E-state index in [1.54, 1.807) is 37.5 Å². The van der Waals surface area contributed by atoms with Crippen LogP contribution >= 0.6 is 23.1 Å². The third kappa shape index (κ3) is 6.39. The lowest BCUT2D eigenvalue weighted by Gasteiger charge is -2.09. The highest BCUT2D eigenvalue weighted by molar-refractivity contribution is 7.99. The number of carbonyl (C=O) groups is 2. The monoisotopic (exact) mass is 536 g/mol. The number of carbonyl (C=O) groups excluding carboxylic acids is 2. The summed E-state index contributed by atoms with van der Waals surface area (Å²) in [5.74, 6) is 1.14. The fraction of sp³-hybridized carbons (Fsp3) is 0.346. The minimum absolute atomic E-state index is 0.136. The molecule has 2 amide bonds. The van der Waals surface area contributed by atoms with E-state index in [1.165, 1.54) is 28.0 Å². The first-order valence-corrected chi connectivity index (χ1v) is 13.8. The highest BCUT2D eigenvalue weighted by Gasteiger charge is 2.22. The lowest BCUT2D eigenvalue weighted by Crippen LogP contribution is -2.26. The van der Waals surface area contributed by atoms with Gasteiger partial charge in [0, 0.05) is 30.0 Å². The van der Waals surface area contributed by atoms with Gasteiger partial charge in [-0.1, -0.05) is 17.8 Å². The van der Waals surface area contributed by atoms with Crippen LogP contribution in [0.5, 0.6) is 5.75 Å². The van der Waals surface area contributed by atoms with Crippen LogP contribution in [-0.4, -0.2) is 46.0 Å². The maximum absolute atomic E-state index is 12.7. The summed E-state index contributed by atoms with van der Waals surface area (Å²) >= 11 is 2.79. The molecule has 0 bridgehead atoms. The number of rotatable bonds is 11. The number of aryl methyl sites for hydroxylation is 1. The number of anilines is 1. The first kappa shape index (κ1) is 26.4. The number of amides is 2. The molecule has 0 spiro atoms. The van der Waals surface area contributed by atoms with Crippen molar-refractivity contribution in [2.75, 3.05) is 24.7 Å². The van der Waals surface area contributed by atoms with Gasteiger partial charge >= 0.3 is 0 Å². The molecule has 2 aromatic heterocycles. The molecule has 0 atom stereocenters. The number of benzene rings is 1. The minimum atomic E-state index is -0.193. The van der Waals surface area contributed by atoms with Crippen LogP contribution in [0.1, 0.15) is 45.0 Å². The van der Waals surface area contributed by atoms with Crippen LogP contribution in [0.15, 0.2) is 42.1 Å². The van der Waals surface area contributed by atoms with E-state index >= 15 is 0 Å². The number of thiophene rings is 1. The number of ether oxygens (including phenoxy) is 1. The number of nitrogens with one attached hydrogen (secondary N) is 2. The van der Waals surface area contributed by atoms with Gasteiger partial charge in [-0.15, -0.1) is 28.1 Å². The Kier molecular flexibility index (Phi) is 8.98. The number of methoxy groups -OCH3 is 1. The molecule has 0 unspecified atom stereocenters. The second-order valence-corrected chi connectivity index (χ2v) is 10.4. The predicted octanol–water partition coefficient (Wildman–Crippen LogP) is 3.99. The summed E-state index contributed by atoms with van der Waals surface area (Å²) < 4.78 is 7.01. The van der Waals surface area contributed by atoms with Crippen molar-refractivity contribution in [1.82, 2.24) is 20.1 Å². The zero-order chi connectivity index (χ0) is 26.2. The molecule has 192 valence electrons. The van der Waals surface area contributed by atoms with Gasteiger partial charge in [0.2, 0.25) is 5.91 Å². The summed E-state index contributed by atoms with van der Waals surface area (Å²) in [7, 11) is 1.58. The Hall–Kier alpha value is -3.62. The van der Waals surface area contributed by atoms with Crippen LogP contribution in [0.4, 0.5) is 5.00 Å². The van der Waals surface area contributed by atoms with Gasteiger partial charge in [-0.3, -0.25) is 9.59 Å². The molecule has 0 aliphatic heterocycles. The topological polar surface area (TPSA) is 122 Å². The standard InChI is InChI=1S/C26H28N6O3S2/c1-3-14-32-22(12-13-28-24(34)17-8-10-18(35-2)11-9-17)30-31-26(32)36-16-23(33)29-25-20(15-27)19-6-4-5-7-21(19)37-25/h3,8-11H,1,4-7,12-14,16H2,2H3,(H,28,34)(H,29,33).